The normalized spacial score (nSPS) is 13.9. The van der Waals surface area contributed by atoms with Gasteiger partial charge in [0.15, 0.2) is 5.15 Å². The van der Waals surface area contributed by atoms with Crippen LogP contribution in [0.15, 0.2) is 48.7 Å². The molecular weight excluding hydrogens is 459 g/mol. The average molecular weight is 485 g/mol. The third-order valence-electron chi connectivity index (χ3n) is 5.76. The van der Waals surface area contributed by atoms with Gasteiger partial charge in [0.1, 0.15) is 29.6 Å². The van der Waals surface area contributed by atoms with E-state index >= 15 is 0 Å². The number of esters is 1. The Kier molecular flexibility index (Phi) is 7.63. The molecule has 1 atom stereocenters. The number of carbonyl (C=O) groups is 1. The van der Waals surface area contributed by atoms with Crippen molar-refractivity contribution < 1.29 is 23.4 Å². The molecule has 1 fully saturated rings. The van der Waals surface area contributed by atoms with Gasteiger partial charge in [-0.3, -0.25) is 9.78 Å². The van der Waals surface area contributed by atoms with Gasteiger partial charge in [-0.1, -0.05) is 23.7 Å². The van der Waals surface area contributed by atoms with Crippen molar-refractivity contribution in [3.63, 3.8) is 0 Å². The number of halogens is 2. The van der Waals surface area contributed by atoms with Crippen LogP contribution >= 0.6 is 11.6 Å². The minimum atomic E-state index is -0.467. The van der Waals surface area contributed by atoms with Crippen molar-refractivity contribution in [1.82, 2.24) is 9.97 Å². The summed E-state index contributed by atoms with van der Waals surface area (Å²) in [6.45, 7) is 2.34. The number of hydrogen-bond acceptors (Lipinski definition) is 6. The molecule has 0 saturated heterocycles. The number of benzene rings is 2. The molecule has 0 spiro atoms. The maximum absolute atomic E-state index is 14.3. The SMILES string of the molecule is CCOC(=O)CC(c1cccc(OCc2cnc(-c3cc(OC)ccc3F)c(Cl)n2)c1)C1CC1. The monoisotopic (exact) mass is 484 g/mol. The second-order valence-corrected chi connectivity index (χ2v) is 8.52. The van der Waals surface area contributed by atoms with Crippen LogP contribution in [0.1, 0.15) is 43.4 Å². The fraction of sp³-hybridized carbons (Fsp3) is 0.346. The Morgan fingerprint density at radius 2 is 2.03 bits per heavy atom. The predicted molar refractivity (Wildman–Crippen MR) is 126 cm³/mol. The Bertz CT molecular complexity index is 1170. The first kappa shape index (κ1) is 24.0. The summed E-state index contributed by atoms with van der Waals surface area (Å²) in [6.07, 6.45) is 4.11. The van der Waals surface area contributed by atoms with Gasteiger partial charge < -0.3 is 14.2 Å². The van der Waals surface area contributed by atoms with Gasteiger partial charge in [-0.05, 0) is 67.5 Å². The highest BCUT2D eigenvalue weighted by Crippen LogP contribution is 2.45. The number of nitrogens with zero attached hydrogens (tertiary/aromatic N) is 2. The van der Waals surface area contributed by atoms with Crippen molar-refractivity contribution in [2.75, 3.05) is 13.7 Å². The molecule has 1 heterocycles. The molecule has 1 unspecified atom stereocenters. The number of methoxy groups -OCH3 is 1. The van der Waals surface area contributed by atoms with E-state index in [-0.39, 0.29) is 34.9 Å². The van der Waals surface area contributed by atoms with Gasteiger partial charge in [0.05, 0.1) is 32.0 Å². The lowest BCUT2D eigenvalue weighted by molar-refractivity contribution is -0.143. The van der Waals surface area contributed by atoms with Crippen molar-refractivity contribution in [2.45, 2.75) is 38.7 Å². The molecule has 0 N–H and O–H groups in total. The molecule has 0 aliphatic heterocycles. The molecule has 6 nitrogen and oxygen atoms in total. The van der Waals surface area contributed by atoms with E-state index in [2.05, 4.69) is 9.97 Å². The van der Waals surface area contributed by atoms with Crippen LogP contribution in [0.4, 0.5) is 4.39 Å². The standard InChI is InChI=1S/C26H26ClFN2O4/c1-3-33-24(31)13-21(16-7-8-16)17-5-4-6-20(11-17)34-15-18-14-29-25(26(27)30-18)22-12-19(32-2)9-10-23(22)28/h4-6,9-12,14,16,21H,3,7-8,13,15H2,1-2H3. The van der Waals surface area contributed by atoms with E-state index in [1.807, 2.05) is 31.2 Å². The smallest absolute Gasteiger partial charge is 0.306 e. The first-order chi connectivity index (χ1) is 16.5. The summed E-state index contributed by atoms with van der Waals surface area (Å²) in [7, 11) is 1.50. The Morgan fingerprint density at radius 3 is 2.74 bits per heavy atom. The van der Waals surface area contributed by atoms with Gasteiger partial charge in [0, 0.05) is 5.56 Å². The zero-order chi connectivity index (χ0) is 24.1. The van der Waals surface area contributed by atoms with Crippen molar-refractivity contribution in [3.8, 4) is 22.8 Å². The molecule has 0 bridgehead atoms. The summed E-state index contributed by atoms with van der Waals surface area (Å²) in [5, 5.41) is 0.0743. The predicted octanol–water partition coefficient (Wildman–Crippen LogP) is 5.97. The van der Waals surface area contributed by atoms with E-state index in [1.54, 1.807) is 0 Å². The molecule has 1 saturated carbocycles. The number of hydrogen-bond donors (Lipinski definition) is 0. The van der Waals surface area contributed by atoms with Crippen LogP contribution in [0.25, 0.3) is 11.3 Å². The van der Waals surface area contributed by atoms with Gasteiger partial charge in [0.25, 0.3) is 0 Å². The topological polar surface area (TPSA) is 70.5 Å². The van der Waals surface area contributed by atoms with Crippen LogP contribution in [0.5, 0.6) is 11.5 Å². The van der Waals surface area contributed by atoms with Gasteiger partial charge in [0.2, 0.25) is 0 Å². The lowest BCUT2D eigenvalue weighted by Gasteiger charge is -2.17. The van der Waals surface area contributed by atoms with Crippen molar-refractivity contribution in [3.05, 3.63) is 70.9 Å². The Hall–Kier alpha value is -3.19. The molecule has 34 heavy (non-hydrogen) atoms. The van der Waals surface area contributed by atoms with Crippen molar-refractivity contribution in [2.24, 2.45) is 5.92 Å². The highest BCUT2D eigenvalue weighted by molar-refractivity contribution is 6.31. The summed E-state index contributed by atoms with van der Waals surface area (Å²) in [5.74, 6) is 1.12. The third-order valence-corrected chi connectivity index (χ3v) is 6.03. The summed E-state index contributed by atoms with van der Waals surface area (Å²) in [5.41, 5.74) is 2.01. The molecule has 0 amide bonds. The minimum absolute atomic E-state index is 0.0743. The molecule has 8 heteroatoms. The zero-order valence-corrected chi connectivity index (χ0v) is 19.8. The van der Waals surface area contributed by atoms with E-state index in [4.69, 9.17) is 25.8 Å². The average Bonchev–Trinajstić information content (AvgIpc) is 3.68. The molecule has 4 rings (SSSR count). The highest BCUT2D eigenvalue weighted by atomic mass is 35.5. The van der Waals surface area contributed by atoms with Crippen LogP contribution in [0, 0.1) is 11.7 Å². The van der Waals surface area contributed by atoms with Gasteiger partial charge >= 0.3 is 5.97 Å². The maximum atomic E-state index is 14.3. The van der Waals surface area contributed by atoms with Gasteiger partial charge in [-0.15, -0.1) is 0 Å². The summed E-state index contributed by atoms with van der Waals surface area (Å²) >= 11 is 6.32. The fourth-order valence-corrected chi connectivity index (χ4v) is 4.17. The number of carbonyl (C=O) groups excluding carboxylic acids is 1. The summed E-state index contributed by atoms with van der Waals surface area (Å²) in [6, 6.07) is 12.1. The molecule has 1 aliphatic carbocycles. The molecular formula is C26H26ClFN2O4. The van der Waals surface area contributed by atoms with E-state index in [9.17, 15) is 9.18 Å². The Morgan fingerprint density at radius 1 is 1.21 bits per heavy atom. The van der Waals surface area contributed by atoms with Crippen molar-refractivity contribution in [1.29, 1.82) is 0 Å². The molecule has 0 radical (unpaired) electrons. The van der Waals surface area contributed by atoms with E-state index in [1.165, 1.54) is 31.5 Å². The zero-order valence-electron chi connectivity index (χ0n) is 19.1. The van der Waals surface area contributed by atoms with Crippen LogP contribution in [-0.4, -0.2) is 29.7 Å². The quantitative estimate of drug-likeness (QED) is 0.330. The Labute approximate surface area is 203 Å². The highest BCUT2D eigenvalue weighted by Gasteiger charge is 2.34. The largest absolute Gasteiger partial charge is 0.497 e. The summed E-state index contributed by atoms with van der Waals surface area (Å²) in [4.78, 5) is 20.7. The number of ether oxygens (including phenoxy) is 3. The number of rotatable bonds is 10. The number of aromatic nitrogens is 2. The van der Waals surface area contributed by atoms with E-state index in [0.29, 0.717) is 36.1 Å². The molecule has 1 aliphatic rings. The van der Waals surface area contributed by atoms with Crippen LogP contribution < -0.4 is 9.47 Å². The van der Waals surface area contributed by atoms with Crippen molar-refractivity contribution >= 4 is 17.6 Å². The van der Waals surface area contributed by atoms with Crippen LogP contribution in [0.3, 0.4) is 0 Å². The first-order valence-corrected chi connectivity index (χ1v) is 11.6. The third kappa shape index (κ3) is 5.83. The van der Waals surface area contributed by atoms with Gasteiger partial charge in [-0.2, -0.15) is 0 Å². The maximum Gasteiger partial charge on any atom is 0.306 e. The van der Waals surface area contributed by atoms with E-state index in [0.717, 1.165) is 18.4 Å². The lowest BCUT2D eigenvalue weighted by atomic mass is 9.91. The molecule has 178 valence electrons. The fourth-order valence-electron chi connectivity index (χ4n) is 3.91. The van der Waals surface area contributed by atoms with Crippen LogP contribution in [-0.2, 0) is 16.1 Å². The molecule has 3 aromatic rings. The first-order valence-electron chi connectivity index (χ1n) is 11.2. The molecule has 1 aromatic heterocycles. The second-order valence-electron chi connectivity index (χ2n) is 8.16. The van der Waals surface area contributed by atoms with Gasteiger partial charge in [-0.25, -0.2) is 9.37 Å². The lowest BCUT2D eigenvalue weighted by Crippen LogP contribution is -2.12. The summed E-state index contributed by atoms with van der Waals surface area (Å²) < 4.78 is 30.5. The Balaban J connectivity index is 1.46. The second kappa shape index (κ2) is 10.8. The van der Waals surface area contributed by atoms with Crippen LogP contribution in [0.2, 0.25) is 5.15 Å². The van der Waals surface area contributed by atoms with E-state index < -0.39 is 5.82 Å². The minimum Gasteiger partial charge on any atom is -0.497 e. The molecule has 2 aromatic carbocycles.